The van der Waals surface area contributed by atoms with Gasteiger partial charge in [0.2, 0.25) is 0 Å². The molecule has 1 unspecified atom stereocenters. The molecule has 0 radical (unpaired) electrons. The molecule has 144 valence electrons. The number of nitrogens with zero attached hydrogens (tertiary/aromatic N) is 2. The molecule has 1 aliphatic rings. The second kappa shape index (κ2) is 7.67. The Labute approximate surface area is 170 Å². The highest BCUT2D eigenvalue weighted by atomic mass is 32.1. The zero-order valence-electron chi connectivity index (χ0n) is 15.2. The summed E-state index contributed by atoms with van der Waals surface area (Å²) in [5.41, 5.74) is 3.98. The number of benzene rings is 1. The molecule has 0 bridgehead atoms. The number of hydrogen-bond acceptors (Lipinski definition) is 7. The van der Waals surface area contributed by atoms with Gasteiger partial charge in [0.1, 0.15) is 28.9 Å². The lowest BCUT2D eigenvalue weighted by Gasteiger charge is -2.28. The summed E-state index contributed by atoms with van der Waals surface area (Å²) in [5, 5.41) is 18.8. The fourth-order valence-electron chi connectivity index (χ4n) is 3.60. The van der Waals surface area contributed by atoms with E-state index >= 15 is 0 Å². The number of fused-ring (bicyclic) bond motifs is 2. The fourth-order valence-corrected chi connectivity index (χ4v) is 5.31. The third-order valence-corrected chi connectivity index (χ3v) is 6.91. The highest BCUT2D eigenvalue weighted by molar-refractivity contribution is 7.17. The zero-order chi connectivity index (χ0) is 18.9. The van der Waals surface area contributed by atoms with E-state index < -0.39 is 6.10 Å². The largest absolute Gasteiger partial charge is 0.491 e. The van der Waals surface area contributed by atoms with Crippen LogP contribution in [0.25, 0.3) is 21.5 Å². The highest BCUT2D eigenvalue weighted by Crippen LogP contribution is 2.33. The van der Waals surface area contributed by atoms with Gasteiger partial charge in [0.15, 0.2) is 5.58 Å². The summed E-state index contributed by atoms with van der Waals surface area (Å²) in [4.78, 5) is 3.77. The third-order valence-electron chi connectivity index (χ3n) is 4.98. The van der Waals surface area contributed by atoms with Crippen molar-refractivity contribution in [3.63, 3.8) is 0 Å². The fraction of sp³-hybridized carbons (Fsp3) is 0.286. The molecule has 0 saturated heterocycles. The number of thiophene rings is 2. The van der Waals surface area contributed by atoms with Crippen molar-refractivity contribution in [2.45, 2.75) is 19.1 Å². The minimum absolute atomic E-state index is 0.268. The van der Waals surface area contributed by atoms with Crippen LogP contribution in [0.4, 0.5) is 0 Å². The van der Waals surface area contributed by atoms with Crippen LogP contribution in [0, 0.1) is 0 Å². The van der Waals surface area contributed by atoms with Gasteiger partial charge >= 0.3 is 0 Å². The summed E-state index contributed by atoms with van der Waals surface area (Å²) in [5.74, 6) is 0.725. The maximum absolute atomic E-state index is 10.4. The molecule has 28 heavy (non-hydrogen) atoms. The Morgan fingerprint density at radius 2 is 2.14 bits per heavy atom. The van der Waals surface area contributed by atoms with Crippen LogP contribution in [0.2, 0.25) is 0 Å². The second-order valence-corrected chi connectivity index (χ2v) is 8.91. The van der Waals surface area contributed by atoms with Crippen molar-refractivity contribution in [1.29, 1.82) is 0 Å². The van der Waals surface area contributed by atoms with Gasteiger partial charge in [0.25, 0.3) is 0 Å². The topological polar surface area (TPSA) is 58.7 Å². The Bertz CT molecular complexity index is 1080. The lowest BCUT2D eigenvalue weighted by Crippen LogP contribution is -2.38. The summed E-state index contributed by atoms with van der Waals surface area (Å²) >= 11 is 3.44. The molecular weight excluding hydrogens is 392 g/mol. The van der Waals surface area contributed by atoms with E-state index in [1.807, 2.05) is 47.0 Å². The van der Waals surface area contributed by atoms with Crippen molar-refractivity contribution in [2.24, 2.45) is 0 Å². The smallest absolute Gasteiger partial charge is 0.178 e. The molecule has 0 fully saturated rings. The number of ether oxygens (including phenoxy) is 1. The van der Waals surface area contributed by atoms with Crippen molar-refractivity contribution in [3.8, 4) is 17.0 Å². The van der Waals surface area contributed by atoms with E-state index in [2.05, 4.69) is 21.5 Å². The molecule has 0 saturated carbocycles. The predicted molar refractivity (Wildman–Crippen MR) is 112 cm³/mol. The van der Waals surface area contributed by atoms with E-state index in [0.717, 1.165) is 46.8 Å². The standard InChI is InChI=1S/C21H20N2O3S2/c24-16(12-23-7-4-19-15(11-23)5-8-27-19)13-25-17-3-1-2-14(10-17)20-21-18(26-22-20)6-9-28-21/h1-3,5-6,8-10,16,24H,4,7,11-13H2. The summed E-state index contributed by atoms with van der Waals surface area (Å²) in [7, 11) is 0. The van der Waals surface area contributed by atoms with E-state index in [1.54, 1.807) is 11.3 Å². The van der Waals surface area contributed by atoms with Crippen molar-refractivity contribution >= 4 is 33.0 Å². The molecule has 1 N–H and O–H groups in total. The van der Waals surface area contributed by atoms with Crippen LogP contribution >= 0.6 is 22.7 Å². The number of aliphatic hydroxyl groups is 1. The molecule has 7 heteroatoms. The second-order valence-electron chi connectivity index (χ2n) is 6.99. The molecule has 3 aromatic heterocycles. The first kappa shape index (κ1) is 17.9. The van der Waals surface area contributed by atoms with Gasteiger partial charge in [-0.1, -0.05) is 17.3 Å². The summed E-state index contributed by atoms with van der Waals surface area (Å²) in [6.07, 6.45) is 0.539. The van der Waals surface area contributed by atoms with Crippen LogP contribution in [0.5, 0.6) is 5.75 Å². The molecule has 0 aliphatic carbocycles. The average Bonchev–Trinajstić information content (AvgIpc) is 3.43. The Kier molecular flexibility index (Phi) is 4.90. The Morgan fingerprint density at radius 1 is 1.21 bits per heavy atom. The van der Waals surface area contributed by atoms with Crippen molar-refractivity contribution in [3.05, 3.63) is 57.6 Å². The van der Waals surface area contributed by atoms with Crippen LogP contribution in [-0.4, -0.2) is 41.0 Å². The maximum atomic E-state index is 10.4. The Balaban J connectivity index is 1.21. The van der Waals surface area contributed by atoms with Gasteiger partial charge < -0.3 is 14.4 Å². The number of hydrogen-bond donors (Lipinski definition) is 1. The molecule has 1 atom stereocenters. The predicted octanol–water partition coefficient (Wildman–Crippen LogP) is 4.42. The molecular formula is C21H20N2O3S2. The first-order valence-corrected chi connectivity index (χ1v) is 11.0. The van der Waals surface area contributed by atoms with Crippen LogP contribution in [0.15, 0.2) is 51.7 Å². The average molecular weight is 413 g/mol. The number of aromatic nitrogens is 1. The molecule has 5 nitrogen and oxygen atoms in total. The Hall–Kier alpha value is -2.19. The molecule has 4 aromatic rings. The first-order chi connectivity index (χ1) is 13.8. The van der Waals surface area contributed by atoms with Gasteiger partial charge in [-0.25, -0.2) is 0 Å². The number of aliphatic hydroxyl groups excluding tert-OH is 1. The van der Waals surface area contributed by atoms with E-state index in [-0.39, 0.29) is 6.61 Å². The maximum Gasteiger partial charge on any atom is 0.178 e. The van der Waals surface area contributed by atoms with Crippen LogP contribution in [-0.2, 0) is 13.0 Å². The van der Waals surface area contributed by atoms with Crippen LogP contribution < -0.4 is 4.74 Å². The monoisotopic (exact) mass is 412 g/mol. The molecule has 1 aromatic carbocycles. The molecule has 5 rings (SSSR count). The van der Waals surface area contributed by atoms with Gasteiger partial charge in [0, 0.05) is 30.1 Å². The van der Waals surface area contributed by atoms with Gasteiger partial charge in [-0.3, -0.25) is 4.90 Å². The quantitative estimate of drug-likeness (QED) is 0.508. The van der Waals surface area contributed by atoms with Crippen molar-refractivity contribution < 1.29 is 14.4 Å². The summed E-state index contributed by atoms with van der Waals surface area (Å²) in [6.45, 7) is 2.79. The van der Waals surface area contributed by atoms with Crippen molar-refractivity contribution in [1.82, 2.24) is 10.1 Å². The van der Waals surface area contributed by atoms with Gasteiger partial charge in [0.05, 0.1) is 0 Å². The van der Waals surface area contributed by atoms with E-state index in [9.17, 15) is 5.11 Å². The molecule has 0 amide bonds. The summed E-state index contributed by atoms with van der Waals surface area (Å²) in [6, 6.07) is 11.9. The van der Waals surface area contributed by atoms with Crippen LogP contribution in [0.3, 0.4) is 0 Å². The SMILES string of the molecule is OC(COc1cccc(-c2noc3ccsc23)c1)CN1CCc2sccc2C1. The first-order valence-electron chi connectivity index (χ1n) is 9.28. The normalized spacial score (nSPS) is 15.6. The molecule has 1 aliphatic heterocycles. The number of rotatable bonds is 6. The summed E-state index contributed by atoms with van der Waals surface area (Å²) < 4.78 is 12.3. The Morgan fingerprint density at radius 3 is 3.11 bits per heavy atom. The zero-order valence-corrected chi connectivity index (χ0v) is 16.8. The van der Waals surface area contributed by atoms with Gasteiger partial charge in [-0.15, -0.1) is 22.7 Å². The number of β-amino-alcohol motifs (C(OH)–C–C–N with tert-alkyl or cyclic N) is 1. The van der Waals surface area contributed by atoms with Gasteiger partial charge in [-0.2, -0.15) is 0 Å². The van der Waals surface area contributed by atoms with Crippen molar-refractivity contribution in [2.75, 3.05) is 19.7 Å². The lowest BCUT2D eigenvalue weighted by atomic mass is 10.1. The third kappa shape index (κ3) is 3.58. The molecule has 4 heterocycles. The van der Waals surface area contributed by atoms with Crippen LogP contribution in [0.1, 0.15) is 10.4 Å². The van der Waals surface area contributed by atoms with Gasteiger partial charge in [-0.05, 0) is 47.0 Å². The van der Waals surface area contributed by atoms with E-state index in [4.69, 9.17) is 9.26 Å². The lowest BCUT2D eigenvalue weighted by molar-refractivity contribution is 0.0640. The van der Waals surface area contributed by atoms with E-state index in [0.29, 0.717) is 6.54 Å². The molecule has 0 spiro atoms. The van der Waals surface area contributed by atoms with E-state index in [1.165, 1.54) is 10.4 Å². The highest BCUT2D eigenvalue weighted by Gasteiger charge is 2.20. The minimum Gasteiger partial charge on any atom is -0.491 e. The minimum atomic E-state index is -0.528.